The molecule has 0 bridgehead atoms. The zero-order valence-corrected chi connectivity index (χ0v) is 20.9. The maximum Gasteiger partial charge on any atom is 0.232 e. The SMILES string of the molecule is Cc1ccc(-n2c(SCC(=O)c3ccc4c(c3)CCN4S(C)(=O)=O)nnc2N2CCCC2)cc1. The molecule has 1 aromatic heterocycles. The van der Waals surface area contributed by atoms with Gasteiger partial charge in [-0.15, -0.1) is 10.2 Å². The van der Waals surface area contributed by atoms with Crippen molar-refractivity contribution in [1.82, 2.24) is 14.8 Å². The van der Waals surface area contributed by atoms with Crippen molar-refractivity contribution < 1.29 is 13.2 Å². The van der Waals surface area contributed by atoms with E-state index in [4.69, 9.17) is 0 Å². The summed E-state index contributed by atoms with van der Waals surface area (Å²) in [5.41, 5.74) is 4.30. The van der Waals surface area contributed by atoms with E-state index in [9.17, 15) is 13.2 Å². The lowest BCUT2D eigenvalue weighted by molar-refractivity contribution is 0.102. The fraction of sp³-hybridized carbons (Fsp3) is 0.375. The van der Waals surface area contributed by atoms with Crippen LogP contribution in [0.3, 0.4) is 0 Å². The van der Waals surface area contributed by atoms with Gasteiger partial charge in [0.2, 0.25) is 16.0 Å². The first-order valence-electron chi connectivity index (χ1n) is 11.4. The Morgan fingerprint density at radius 2 is 1.76 bits per heavy atom. The molecular weight excluding hydrogens is 470 g/mol. The van der Waals surface area contributed by atoms with Gasteiger partial charge < -0.3 is 4.90 Å². The second-order valence-electron chi connectivity index (χ2n) is 8.79. The first kappa shape index (κ1) is 22.9. The van der Waals surface area contributed by atoms with Gasteiger partial charge in [-0.05, 0) is 62.1 Å². The summed E-state index contributed by atoms with van der Waals surface area (Å²) in [7, 11) is -3.31. The summed E-state index contributed by atoms with van der Waals surface area (Å²) in [6.45, 7) is 4.37. The molecule has 3 heterocycles. The minimum atomic E-state index is -3.31. The van der Waals surface area contributed by atoms with Crippen LogP contribution in [-0.2, 0) is 16.4 Å². The second-order valence-corrected chi connectivity index (χ2v) is 11.6. The van der Waals surface area contributed by atoms with Crippen LogP contribution in [0.25, 0.3) is 5.69 Å². The molecule has 0 amide bonds. The molecule has 0 radical (unpaired) electrons. The minimum absolute atomic E-state index is 0.0215. The van der Waals surface area contributed by atoms with Gasteiger partial charge in [0.05, 0.1) is 23.4 Å². The van der Waals surface area contributed by atoms with E-state index in [1.807, 2.05) is 10.6 Å². The van der Waals surface area contributed by atoms with Gasteiger partial charge in [0.1, 0.15) is 0 Å². The molecule has 0 saturated carbocycles. The van der Waals surface area contributed by atoms with Crippen LogP contribution in [0.15, 0.2) is 47.6 Å². The van der Waals surface area contributed by atoms with Gasteiger partial charge >= 0.3 is 0 Å². The number of carbonyl (C=O) groups excluding carboxylic acids is 1. The molecule has 178 valence electrons. The quantitative estimate of drug-likeness (QED) is 0.365. The van der Waals surface area contributed by atoms with Gasteiger partial charge in [-0.3, -0.25) is 13.7 Å². The molecule has 2 aromatic carbocycles. The molecule has 8 nitrogen and oxygen atoms in total. The molecular formula is C24H27N5O3S2. The number of thioether (sulfide) groups is 1. The minimum Gasteiger partial charge on any atom is -0.341 e. The van der Waals surface area contributed by atoms with Gasteiger partial charge in [0.15, 0.2) is 10.9 Å². The largest absolute Gasteiger partial charge is 0.341 e. The van der Waals surface area contributed by atoms with E-state index in [-0.39, 0.29) is 11.5 Å². The van der Waals surface area contributed by atoms with Gasteiger partial charge in [0.25, 0.3) is 0 Å². The summed E-state index contributed by atoms with van der Waals surface area (Å²) in [6, 6.07) is 13.5. The summed E-state index contributed by atoms with van der Waals surface area (Å²) < 4.78 is 27.4. The predicted molar refractivity (Wildman–Crippen MR) is 135 cm³/mol. The molecule has 0 spiro atoms. The lowest BCUT2D eigenvalue weighted by atomic mass is 10.1. The van der Waals surface area contributed by atoms with E-state index in [0.29, 0.717) is 29.4 Å². The molecule has 34 heavy (non-hydrogen) atoms. The predicted octanol–water partition coefficient (Wildman–Crippen LogP) is 3.47. The highest BCUT2D eigenvalue weighted by molar-refractivity contribution is 7.99. The highest BCUT2D eigenvalue weighted by Gasteiger charge is 2.27. The summed E-state index contributed by atoms with van der Waals surface area (Å²) in [5, 5.41) is 9.58. The molecule has 1 saturated heterocycles. The van der Waals surface area contributed by atoms with Crippen LogP contribution in [0.4, 0.5) is 11.6 Å². The number of benzene rings is 2. The monoisotopic (exact) mass is 497 g/mol. The van der Waals surface area contributed by atoms with Crippen LogP contribution in [0.5, 0.6) is 0 Å². The van der Waals surface area contributed by atoms with Gasteiger partial charge in [-0.2, -0.15) is 0 Å². The average molecular weight is 498 g/mol. The number of fused-ring (bicyclic) bond motifs is 1. The van der Waals surface area contributed by atoms with Crippen molar-refractivity contribution in [1.29, 1.82) is 0 Å². The Bertz CT molecular complexity index is 1330. The van der Waals surface area contributed by atoms with Crippen molar-refractivity contribution in [2.45, 2.75) is 31.3 Å². The summed E-state index contributed by atoms with van der Waals surface area (Å²) in [4.78, 5) is 15.3. The number of carbonyl (C=O) groups is 1. The number of Topliss-reactive ketones (excluding diaryl/α,β-unsaturated/α-hetero) is 1. The third-order valence-electron chi connectivity index (χ3n) is 6.28. The molecule has 0 unspecified atom stereocenters. The van der Waals surface area contributed by atoms with Crippen molar-refractivity contribution >= 4 is 39.2 Å². The Morgan fingerprint density at radius 3 is 2.47 bits per heavy atom. The molecule has 0 atom stereocenters. The fourth-order valence-corrected chi connectivity index (χ4v) is 6.30. The number of aryl methyl sites for hydroxylation is 1. The lowest BCUT2D eigenvalue weighted by Gasteiger charge is -2.18. The Labute approximate surface area is 204 Å². The van der Waals surface area contributed by atoms with Crippen LogP contribution >= 0.6 is 11.8 Å². The second kappa shape index (κ2) is 9.07. The van der Waals surface area contributed by atoms with Crippen molar-refractivity contribution in [3.63, 3.8) is 0 Å². The third-order valence-corrected chi connectivity index (χ3v) is 8.39. The Kier molecular flexibility index (Phi) is 6.11. The molecule has 10 heteroatoms. The molecule has 2 aliphatic heterocycles. The van der Waals surface area contributed by atoms with E-state index < -0.39 is 10.0 Å². The Morgan fingerprint density at radius 1 is 1.03 bits per heavy atom. The van der Waals surface area contributed by atoms with Crippen LogP contribution in [-0.4, -0.2) is 60.6 Å². The Balaban J connectivity index is 1.37. The van der Waals surface area contributed by atoms with E-state index in [1.165, 1.54) is 27.9 Å². The van der Waals surface area contributed by atoms with E-state index in [0.717, 1.165) is 43.1 Å². The topological polar surface area (TPSA) is 88.4 Å². The average Bonchev–Trinajstić information content (AvgIpc) is 3.56. The highest BCUT2D eigenvalue weighted by Crippen LogP contribution is 2.32. The van der Waals surface area contributed by atoms with Crippen LogP contribution < -0.4 is 9.21 Å². The molecule has 1 fully saturated rings. The standard InChI is InChI=1S/C24H27N5O3S2/c1-17-5-8-20(9-6-17)29-23(27-12-3-4-13-27)25-26-24(29)33-16-22(30)19-7-10-21-18(15-19)11-14-28(21)34(2,31)32/h5-10,15H,3-4,11-14,16H2,1-2H3. The van der Waals surface area contributed by atoms with Crippen LogP contribution in [0, 0.1) is 6.92 Å². The Hall–Kier alpha value is -2.85. The molecule has 0 N–H and O–H groups in total. The van der Waals surface area contributed by atoms with Crippen molar-refractivity contribution in [3.8, 4) is 5.69 Å². The zero-order valence-electron chi connectivity index (χ0n) is 19.3. The van der Waals surface area contributed by atoms with Gasteiger partial charge in [-0.1, -0.05) is 29.5 Å². The van der Waals surface area contributed by atoms with Crippen LogP contribution in [0.2, 0.25) is 0 Å². The third kappa shape index (κ3) is 4.44. The van der Waals surface area contributed by atoms with Crippen molar-refractivity contribution in [2.24, 2.45) is 0 Å². The van der Waals surface area contributed by atoms with Gasteiger partial charge in [0, 0.05) is 25.2 Å². The molecule has 0 aliphatic carbocycles. The number of hydrogen-bond donors (Lipinski definition) is 0. The summed E-state index contributed by atoms with van der Waals surface area (Å²) >= 11 is 1.37. The first-order chi connectivity index (χ1) is 16.3. The lowest BCUT2D eigenvalue weighted by Crippen LogP contribution is -2.27. The number of aromatic nitrogens is 3. The van der Waals surface area contributed by atoms with E-state index >= 15 is 0 Å². The first-order valence-corrected chi connectivity index (χ1v) is 14.2. The van der Waals surface area contributed by atoms with E-state index in [2.05, 4.69) is 46.3 Å². The summed E-state index contributed by atoms with van der Waals surface area (Å²) in [6.07, 6.45) is 4.09. The van der Waals surface area contributed by atoms with E-state index in [1.54, 1.807) is 12.1 Å². The number of sulfonamides is 1. The molecule has 2 aliphatic rings. The smallest absolute Gasteiger partial charge is 0.232 e. The number of rotatable bonds is 7. The number of anilines is 2. The van der Waals surface area contributed by atoms with Gasteiger partial charge in [-0.25, -0.2) is 8.42 Å². The normalized spacial score (nSPS) is 15.7. The summed E-state index contributed by atoms with van der Waals surface area (Å²) in [5.74, 6) is 1.01. The van der Waals surface area contributed by atoms with Crippen molar-refractivity contribution in [3.05, 3.63) is 59.2 Å². The highest BCUT2D eigenvalue weighted by atomic mass is 32.2. The zero-order chi connectivity index (χ0) is 23.9. The molecule has 5 rings (SSSR count). The maximum absolute atomic E-state index is 13.0. The van der Waals surface area contributed by atoms with Crippen LogP contribution in [0.1, 0.15) is 34.3 Å². The number of hydrogen-bond acceptors (Lipinski definition) is 7. The number of ketones is 1. The van der Waals surface area contributed by atoms with Crippen molar-refractivity contribution in [2.75, 3.05) is 40.8 Å². The maximum atomic E-state index is 13.0. The number of nitrogens with zero attached hydrogens (tertiary/aromatic N) is 5. The molecule has 3 aromatic rings. The fourth-order valence-electron chi connectivity index (χ4n) is 4.50.